The van der Waals surface area contributed by atoms with Gasteiger partial charge in [0.25, 0.3) is 0 Å². The molecule has 8 heavy (non-hydrogen) atoms. The molecule has 2 atom stereocenters. The summed E-state index contributed by atoms with van der Waals surface area (Å²) in [4.78, 5) is 0. The Morgan fingerprint density at radius 1 is 1.62 bits per heavy atom. The van der Waals surface area contributed by atoms with Gasteiger partial charge in [-0.2, -0.15) is 0 Å². The van der Waals surface area contributed by atoms with Crippen molar-refractivity contribution < 1.29 is 4.39 Å². The van der Waals surface area contributed by atoms with E-state index >= 15 is 0 Å². The average Bonchev–Trinajstić information content (AvgIpc) is 1.84. The Labute approximate surface area is 50.1 Å². The third-order valence-electron chi connectivity index (χ3n) is 1.38. The Morgan fingerprint density at radius 2 is 2.12 bits per heavy atom. The normalized spacial score (nSPS) is 18.0. The molecule has 0 aromatic rings. The molecule has 0 saturated carbocycles. The predicted molar refractivity (Wildman–Crippen MR) is 33.4 cm³/mol. The van der Waals surface area contributed by atoms with Crippen molar-refractivity contribution in [2.45, 2.75) is 26.4 Å². The molecule has 0 bridgehead atoms. The van der Waals surface area contributed by atoms with Crippen molar-refractivity contribution >= 4 is 0 Å². The Kier molecular flexibility index (Phi) is 3.79. The van der Waals surface area contributed by atoms with Crippen LogP contribution in [0.4, 0.5) is 4.39 Å². The van der Waals surface area contributed by atoms with Gasteiger partial charge in [0.1, 0.15) is 6.17 Å². The van der Waals surface area contributed by atoms with Crippen molar-refractivity contribution in [1.82, 2.24) is 0 Å². The van der Waals surface area contributed by atoms with Crippen molar-refractivity contribution in [3.63, 3.8) is 0 Å². The summed E-state index contributed by atoms with van der Waals surface area (Å²) in [7, 11) is 0. The molecule has 0 aromatic carbocycles. The molecule has 0 aliphatic heterocycles. The molecule has 0 radical (unpaired) electrons. The van der Waals surface area contributed by atoms with Crippen LogP contribution in [0.25, 0.3) is 0 Å². The molecule has 0 fully saturated rings. The van der Waals surface area contributed by atoms with Crippen LogP contribution in [0.3, 0.4) is 0 Å². The number of hydrogen-bond donors (Lipinski definition) is 1. The minimum absolute atomic E-state index is 0.0278. The van der Waals surface area contributed by atoms with E-state index in [4.69, 9.17) is 5.73 Å². The first-order valence-electron chi connectivity index (χ1n) is 3.06. The minimum atomic E-state index is -0.708. The summed E-state index contributed by atoms with van der Waals surface area (Å²) in [5.41, 5.74) is 5.21. The lowest BCUT2D eigenvalue weighted by Gasteiger charge is -2.10. The first-order valence-corrected chi connectivity index (χ1v) is 3.06. The van der Waals surface area contributed by atoms with Crippen molar-refractivity contribution in [1.29, 1.82) is 0 Å². The summed E-state index contributed by atoms with van der Waals surface area (Å²) in [5, 5.41) is 0. The number of nitrogens with two attached hydrogens (primary N) is 1. The minimum Gasteiger partial charge on any atom is -0.330 e. The first kappa shape index (κ1) is 7.89. The maximum absolute atomic E-state index is 12.4. The van der Waals surface area contributed by atoms with E-state index in [0.29, 0.717) is 13.0 Å². The summed E-state index contributed by atoms with van der Waals surface area (Å²) >= 11 is 0. The Balaban J connectivity index is 3.29. The zero-order chi connectivity index (χ0) is 6.57. The molecule has 2 heteroatoms. The van der Waals surface area contributed by atoms with Gasteiger partial charge in [-0.1, -0.05) is 13.8 Å². The number of hydrogen-bond acceptors (Lipinski definition) is 1. The summed E-state index contributed by atoms with van der Waals surface area (Å²) in [6.45, 7) is 4.11. The van der Waals surface area contributed by atoms with Gasteiger partial charge in [0.2, 0.25) is 0 Å². The predicted octanol–water partition coefficient (Wildman–Crippen LogP) is 1.33. The molecule has 0 aliphatic rings. The van der Waals surface area contributed by atoms with Gasteiger partial charge < -0.3 is 5.73 Å². The van der Waals surface area contributed by atoms with E-state index in [-0.39, 0.29) is 5.92 Å². The van der Waals surface area contributed by atoms with Gasteiger partial charge in [-0.05, 0) is 18.9 Å². The molecule has 1 nitrogen and oxygen atoms in total. The molecule has 0 aliphatic carbocycles. The van der Waals surface area contributed by atoms with Crippen LogP contribution in [0.2, 0.25) is 0 Å². The van der Waals surface area contributed by atoms with Crippen LogP contribution >= 0.6 is 0 Å². The second kappa shape index (κ2) is 3.84. The lowest BCUT2D eigenvalue weighted by Crippen LogP contribution is -2.20. The molecule has 0 rings (SSSR count). The maximum Gasteiger partial charge on any atom is 0.104 e. The van der Waals surface area contributed by atoms with Gasteiger partial charge in [0, 0.05) is 0 Å². The zero-order valence-electron chi connectivity index (χ0n) is 5.52. The van der Waals surface area contributed by atoms with Gasteiger partial charge in [-0.3, -0.25) is 0 Å². The Hall–Kier alpha value is -0.110. The third kappa shape index (κ3) is 2.26. The second-order valence-corrected chi connectivity index (χ2v) is 2.14. The molecule has 0 saturated heterocycles. The topological polar surface area (TPSA) is 26.0 Å². The van der Waals surface area contributed by atoms with Crippen LogP contribution in [0.15, 0.2) is 0 Å². The average molecular weight is 119 g/mol. The maximum atomic E-state index is 12.4. The van der Waals surface area contributed by atoms with E-state index in [1.807, 2.05) is 13.8 Å². The highest BCUT2D eigenvalue weighted by Crippen LogP contribution is 2.08. The molecular weight excluding hydrogens is 105 g/mol. The first-order chi connectivity index (χ1) is 3.72. The molecule has 0 spiro atoms. The van der Waals surface area contributed by atoms with E-state index in [0.717, 1.165) is 0 Å². The van der Waals surface area contributed by atoms with Crippen LogP contribution in [-0.4, -0.2) is 12.7 Å². The largest absolute Gasteiger partial charge is 0.330 e. The van der Waals surface area contributed by atoms with Crippen LogP contribution in [0.5, 0.6) is 0 Å². The van der Waals surface area contributed by atoms with E-state index in [1.165, 1.54) is 0 Å². The Bertz CT molecular complexity index is 48.5. The number of alkyl halides is 1. The lowest BCUT2D eigenvalue weighted by molar-refractivity contribution is 0.239. The monoisotopic (exact) mass is 119 g/mol. The molecule has 2 N–H and O–H groups in total. The summed E-state index contributed by atoms with van der Waals surface area (Å²) in [6.07, 6.45) is -0.127. The van der Waals surface area contributed by atoms with Gasteiger partial charge in [-0.15, -0.1) is 0 Å². The van der Waals surface area contributed by atoms with Gasteiger partial charge in [0.05, 0.1) is 0 Å². The van der Waals surface area contributed by atoms with Crippen molar-refractivity contribution in [3.05, 3.63) is 0 Å². The summed E-state index contributed by atoms with van der Waals surface area (Å²) < 4.78 is 12.4. The van der Waals surface area contributed by atoms with E-state index in [2.05, 4.69) is 0 Å². The summed E-state index contributed by atoms with van der Waals surface area (Å²) in [5.74, 6) is 0.0278. The van der Waals surface area contributed by atoms with Gasteiger partial charge >= 0.3 is 0 Å². The number of halogens is 1. The molecule has 50 valence electrons. The van der Waals surface area contributed by atoms with E-state index < -0.39 is 6.17 Å². The molecule has 0 unspecified atom stereocenters. The van der Waals surface area contributed by atoms with Crippen molar-refractivity contribution in [3.8, 4) is 0 Å². The molecular formula is C6H14FN. The molecule has 0 aromatic heterocycles. The quantitative estimate of drug-likeness (QED) is 0.596. The van der Waals surface area contributed by atoms with Gasteiger partial charge in [-0.25, -0.2) is 4.39 Å². The smallest absolute Gasteiger partial charge is 0.104 e. The lowest BCUT2D eigenvalue weighted by atomic mass is 10.1. The summed E-state index contributed by atoms with van der Waals surface area (Å²) in [6, 6.07) is 0. The highest BCUT2D eigenvalue weighted by Gasteiger charge is 2.10. The fraction of sp³-hybridized carbons (Fsp3) is 1.00. The fourth-order valence-electron chi connectivity index (χ4n) is 0.550. The molecule has 0 heterocycles. The van der Waals surface area contributed by atoms with Crippen molar-refractivity contribution in [2.24, 2.45) is 11.7 Å². The van der Waals surface area contributed by atoms with Crippen molar-refractivity contribution in [2.75, 3.05) is 6.54 Å². The highest BCUT2D eigenvalue weighted by molar-refractivity contribution is 4.62. The second-order valence-electron chi connectivity index (χ2n) is 2.14. The number of rotatable bonds is 3. The van der Waals surface area contributed by atoms with E-state index in [1.54, 1.807) is 0 Å². The third-order valence-corrected chi connectivity index (χ3v) is 1.38. The highest BCUT2D eigenvalue weighted by atomic mass is 19.1. The standard InChI is InChI=1S/C6H14FN/c1-3-6(7)5(2)4-8/h5-6H,3-4,8H2,1-2H3/t5-,6+/m1/s1. The zero-order valence-corrected chi connectivity index (χ0v) is 5.52. The van der Waals surface area contributed by atoms with Gasteiger partial charge in [0.15, 0.2) is 0 Å². The van der Waals surface area contributed by atoms with Crippen LogP contribution in [0, 0.1) is 5.92 Å². The fourth-order valence-corrected chi connectivity index (χ4v) is 0.550. The van der Waals surface area contributed by atoms with Crippen LogP contribution in [0.1, 0.15) is 20.3 Å². The van der Waals surface area contributed by atoms with Crippen LogP contribution < -0.4 is 5.73 Å². The molecule has 0 amide bonds. The van der Waals surface area contributed by atoms with Crippen LogP contribution in [-0.2, 0) is 0 Å². The SMILES string of the molecule is CC[C@H](F)[C@H](C)CN. The van der Waals surface area contributed by atoms with E-state index in [9.17, 15) is 4.39 Å². The Morgan fingerprint density at radius 3 is 2.25 bits per heavy atom.